The number of allylic oxidation sites excluding steroid dienone is 1. The summed E-state index contributed by atoms with van der Waals surface area (Å²) in [5.74, 6) is 1.94. The smallest absolute Gasteiger partial charge is 0.408 e. The maximum Gasteiger partial charge on any atom is 0.408 e. The van der Waals surface area contributed by atoms with Gasteiger partial charge in [0.15, 0.2) is 0 Å². The summed E-state index contributed by atoms with van der Waals surface area (Å²) in [6.07, 6.45) is 9.50. The first kappa shape index (κ1) is 19.1. The van der Waals surface area contributed by atoms with Gasteiger partial charge in [-0.05, 0) is 37.0 Å². The van der Waals surface area contributed by atoms with Crippen LogP contribution in [0.25, 0.3) is 0 Å². The number of rotatable bonds is 6. The van der Waals surface area contributed by atoms with E-state index in [4.69, 9.17) is 11.2 Å². The minimum absolute atomic E-state index is 0.0977. The number of carboxylic acids is 1. The molecule has 1 amide bonds. The van der Waals surface area contributed by atoms with E-state index in [0.717, 1.165) is 19.3 Å². The second-order valence-corrected chi connectivity index (χ2v) is 7.19. The third kappa shape index (κ3) is 5.63. The first-order chi connectivity index (χ1) is 10.7. The highest BCUT2D eigenvalue weighted by Gasteiger charge is 2.38. The van der Waals surface area contributed by atoms with Crippen LogP contribution in [0.15, 0.2) is 12.7 Å². The molecule has 0 bridgehead atoms. The summed E-state index contributed by atoms with van der Waals surface area (Å²) in [5, 5.41) is 11.7. The molecule has 1 saturated carbocycles. The monoisotopic (exact) mass is 321 g/mol. The van der Waals surface area contributed by atoms with E-state index in [2.05, 4.69) is 17.8 Å². The van der Waals surface area contributed by atoms with E-state index in [9.17, 15) is 14.7 Å². The van der Waals surface area contributed by atoms with Gasteiger partial charge in [-0.25, -0.2) is 9.59 Å². The molecule has 0 aromatic rings. The van der Waals surface area contributed by atoms with Crippen LogP contribution in [0, 0.1) is 29.6 Å². The molecule has 5 nitrogen and oxygen atoms in total. The number of amides is 1. The summed E-state index contributed by atoms with van der Waals surface area (Å²) in [5.41, 5.74) is -0.607. The molecule has 2 N–H and O–H groups in total. The van der Waals surface area contributed by atoms with Crippen LogP contribution in [0.3, 0.4) is 0 Å². The van der Waals surface area contributed by atoms with E-state index in [1.807, 2.05) is 6.08 Å². The fraction of sp³-hybridized carbons (Fsp3) is 0.667. The van der Waals surface area contributed by atoms with Crippen molar-refractivity contribution in [3.05, 3.63) is 12.7 Å². The van der Waals surface area contributed by atoms with Gasteiger partial charge >= 0.3 is 12.1 Å². The first-order valence-corrected chi connectivity index (χ1v) is 7.96. The van der Waals surface area contributed by atoms with Crippen LogP contribution < -0.4 is 5.32 Å². The molecule has 23 heavy (non-hydrogen) atoms. The molecule has 0 unspecified atom stereocenters. The lowest BCUT2D eigenvalue weighted by Gasteiger charge is -2.28. The maximum absolute atomic E-state index is 12.1. The molecule has 1 aliphatic carbocycles. The summed E-state index contributed by atoms with van der Waals surface area (Å²) >= 11 is 0. The predicted octanol–water partition coefficient (Wildman–Crippen LogP) is 3.21. The molecule has 0 aliphatic heterocycles. The molecule has 0 aromatic heterocycles. The molecule has 128 valence electrons. The minimum atomic E-state index is -1.08. The summed E-state index contributed by atoms with van der Waals surface area (Å²) in [6.45, 7) is 8.97. The number of alkyl carbamates (subject to hydrolysis) is 1. The lowest BCUT2D eigenvalue weighted by molar-refractivity contribution is -0.142. The normalized spacial score (nSPS) is 25.2. The molecular formula is C18H27NO4. The SMILES string of the molecule is C#C[C@@H]1C[C@@H](CCC=C)[C@H](OC(=O)N[C@H](C(=O)O)C(C)(C)C)C1. The van der Waals surface area contributed by atoms with Gasteiger partial charge < -0.3 is 15.2 Å². The molecule has 0 heterocycles. The Morgan fingerprint density at radius 2 is 2.13 bits per heavy atom. The summed E-state index contributed by atoms with van der Waals surface area (Å²) in [4.78, 5) is 23.4. The van der Waals surface area contributed by atoms with Gasteiger partial charge in [0.25, 0.3) is 0 Å². The number of carboxylic acid groups (broad SMARTS) is 1. The van der Waals surface area contributed by atoms with Crippen LogP contribution in [0.1, 0.15) is 46.5 Å². The lowest BCUT2D eigenvalue weighted by atomic mass is 9.87. The van der Waals surface area contributed by atoms with Gasteiger partial charge in [-0.15, -0.1) is 18.9 Å². The highest BCUT2D eigenvalue weighted by Crippen LogP contribution is 2.36. The second-order valence-electron chi connectivity index (χ2n) is 7.19. The van der Waals surface area contributed by atoms with Gasteiger partial charge in [0, 0.05) is 5.92 Å². The van der Waals surface area contributed by atoms with Crippen LogP contribution in [0.2, 0.25) is 0 Å². The highest BCUT2D eigenvalue weighted by atomic mass is 16.6. The third-order valence-electron chi connectivity index (χ3n) is 4.24. The molecule has 0 aromatic carbocycles. The van der Waals surface area contributed by atoms with E-state index in [-0.39, 0.29) is 17.9 Å². The zero-order valence-corrected chi connectivity index (χ0v) is 14.2. The van der Waals surface area contributed by atoms with Crippen LogP contribution in [0.4, 0.5) is 4.79 Å². The standard InChI is InChI=1S/C18H27NO4/c1-6-8-9-13-10-12(7-2)11-14(13)23-17(22)19-15(16(20)21)18(3,4)5/h2,6,12-15H,1,8-11H2,3-5H3,(H,19,22)(H,20,21)/t12-,13-,14-,15-/m1/s1. The Bertz CT molecular complexity index is 486. The Morgan fingerprint density at radius 3 is 2.61 bits per heavy atom. The number of hydrogen-bond acceptors (Lipinski definition) is 3. The maximum atomic E-state index is 12.1. The number of carbonyl (C=O) groups is 2. The highest BCUT2D eigenvalue weighted by molar-refractivity contribution is 5.80. The van der Waals surface area contributed by atoms with Gasteiger partial charge in [-0.1, -0.05) is 26.8 Å². The largest absolute Gasteiger partial charge is 0.480 e. The zero-order valence-electron chi connectivity index (χ0n) is 14.2. The number of ether oxygens (including phenoxy) is 1. The molecule has 0 saturated heterocycles. The molecule has 0 radical (unpaired) electrons. The minimum Gasteiger partial charge on any atom is -0.480 e. The van der Waals surface area contributed by atoms with E-state index < -0.39 is 23.5 Å². The summed E-state index contributed by atoms with van der Waals surface area (Å²) in [6, 6.07) is -1.01. The summed E-state index contributed by atoms with van der Waals surface area (Å²) < 4.78 is 5.49. The van der Waals surface area contributed by atoms with E-state index in [1.54, 1.807) is 20.8 Å². The average Bonchev–Trinajstić information content (AvgIpc) is 2.83. The predicted molar refractivity (Wildman–Crippen MR) is 88.8 cm³/mol. The van der Waals surface area contributed by atoms with Crippen molar-refractivity contribution >= 4 is 12.1 Å². The fourth-order valence-electron chi connectivity index (χ4n) is 2.94. The molecule has 1 rings (SSSR count). The number of hydrogen-bond donors (Lipinski definition) is 2. The quantitative estimate of drug-likeness (QED) is 0.582. The zero-order chi connectivity index (χ0) is 17.6. The van der Waals surface area contributed by atoms with Crippen LogP contribution in [-0.2, 0) is 9.53 Å². The molecule has 0 spiro atoms. The van der Waals surface area contributed by atoms with Crippen LogP contribution >= 0.6 is 0 Å². The Morgan fingerprint density at radius 1 is 1.48 bits per heavy atom. The van der Waals surface area contributed by atoms with Crippen molar-refractivity contribution in [2.45, 2.75) is 58.6 Å². The van der Waals surface area contributed by atoms with Crippen molar-refractivity contribution in [3.8, 4) is 12.3 Å². The molecule has 1 aliphatic rings. The van der Waals surface area contributed by atoms with Crippen molar-refractivity contribution in [1.82, 2.24) is 5.32 Å². The first-order valence-electron chi connectivity index (χ1n) is 7.96. The van der Waals surface area contributed by atoms with Crippen molar-refractivity contribution < 1.29 is 19.4 Å². The van der Waals surface area contributed by atoms with Crippen molar-refractivity contribution in [2.24, 2.45) is 17.3 Å². The lowest BCUT2D eigenvalue weighted by Crippen LogP contribution is -2.50. The molecular weight excluding hydrogens is 294 g/mol. The second kappa shape index (κ2) is 8.05. The van der Waals surface area contributed by atoms with Gasteiger partial charge in [0.1, 0.15) is 12.1 Å². The third-order valence-corrected chi connectivity index (χ3v) is 4.24. The Hall–Kier alpha value is -1.96. The van der Waals surface area contributed by atoms with E-state index in [0.29, 0.717) is 6.42 Å². The Balaban J connectivity index is 2.68. The van der Waals surface area contributed by atoms with Crippen molar-refractivity contribution in [3.63, 3.8) is 0 Å². The van der Waals surface area contributed by atoms with E-state index >= 15 is 0 Å². The number of terminal acetylenes is 1. The molecule has 5 heteroatoms. The van der Waals surface area contributed by atoms with E-state index in [1.165, 1.54) is 0 Å². The average molecular weight is 321 g/mol. The van der Waals surface area contributed by atoms with Crippen molar-refractivity contribution in [1.29, 1.82) is 0 Å². The molecule has 4 atom stereocenters. The van der Waals surface area contributed by atoms with Gasteiger partial charge in [-0.2, -0.15) is 0 Å². The van der Waals surface area contributed by atoms with Crippen molar-refractivity contribution in [2.75, 3.05) is 0 Å². The number of aliphatic carboxylic acids is 1. The summed E-state index contributed by atoms with van der Waals surface area (Å²) in [7, 11) is 0. The van der Waals surface area contributed by atoms with Gasteiger partial charge in [-0.3, -0.25) is 0 Å². The molecule has 1 fully saturated rings. The topological polar surface area (TPSA) is 75.6 Å². The Kier molecular flexibility index (Phi) is 6.68. The Labute approximate surface area is 138 Å². The van der Waals surface area contributed by atoms with Crippen LogP contribution in [0.5, 0.6) is 0 Å². The van der Waals surface area contributed by atoms with Crippen LogP contribution in [-0.4, -0.2) is 29.3 Å². The van der Waals surface area contributed by atoms with Gasteiger partial charge in [0.2, 0.25) is 0 Å². The number of carbonyl (C=O) groups excluding carboxylic acids is 1. The number of nitrogens with one attached hydrogen (secondary N) is 1. The fourth-order valence-corrected chi connectivity index (χ4v) is 2.94. The van der Waals surface area contributed by atoms with Gasteiger partial charge in [0.05, 0.1) is 0 Å².